The number of hydrogen-bond acceptors (Lipinski definition) is 4. The third-order valence-corrected chi connectivity index (χ3v) is 3.88. The van der Waals surface area contributed by atoms with Crippen molar-refractivity contribution in [1.29, 1.82) is 0 Å². The van der Waals surface area contributed by atoms with Gasteiger partial charge in [0.05, 0.1) is 0 Å². The van der Waals surface area contributed by atoms with Gasteiger partial charge in [-0.25, -0.2) is 9.97 Å². The second-order valence-corrected chi connectivity index (χ2v) is 5.71. The molecule has 1 heterocycles. The average Bonchev–Trinajstić information content (AvgIpc) is 2.46. The van der Waals surface area contributed by atoms with Gasteiger partial charge in [-0.2, -0.15) is 0 Å². The van der Waals surface area contributed by atoms with E-state index in [-0.39, 0.29) is 5.60 Å². The average molecular weight is 263 g/mol. The lowest BCUT2D eigenvalue weighted by atomic mass is 9.84. The van der Waals surface area contributed by atoms with Gasteiger partial charge in [-0.1, -0.05) is 33.1 Å². The summed E-state index contributed by atoms with van der Waals surface area (Å²) in [4.78, 5) is 9.09. The van der Waals surface area contributed by atoms with Crippen molar-refractivity contribution in [1.82, 2.24) is 15.3 Å². The quantitative estimate of drug-likeness (QED) is 0.887. The van der Waals surface area contributed by atoms with Gasteiger partial charge in [0.25, 0.3) is 0 Å². The minimum Gasteiger partial charge on any atom is -0.370 e. The number of methoxy groups -OCH3 is 1. The molecule has 19 heavy (non-hydrogen) atoms. The summed E-state index contributed by atoms with van der Waals surface area (Å²) < 4.78 is 5.76. The Balaban J connectivity index is 2.07. The molecule has 0 aliphatic heterocycles. The number of aromatic nitrogens is 2. The fourth-order valence-corrected chi connectivity index (χ4v) is 2.65. The summed E-state index contributed by atoms with van der Waals surface area (Å²) in [6.45, 7) is 5.09. The summed E-state index contributed by atoms with van der Waals surface area (Å²) in [5, 5.41) is 3.37. The molecule has 0 amide bonds. The number of rotatable bonds is 5. The molecule has 0 saturated heterocycles. The van der Waals surface area contributed by atoms with E-state index >= 15 is 0 Å². The summed E-state index contributed by atoms with van der Waals surface area (Å²) >= 11 is 0. The monoisotopic (exact) mass is 263 g/mol. The van der Waals surface area contributed by atoms with Crippen LogP contribution in [0.4, 0.5) is 0 Å². The molecular formula is C15H25N3O. The maximum absolute atomic E-state index is 5.76. The van der Waals surface area contributed by atoms with Gasteiger partial charge in [0.1, 0.15) is 5.60 Å². The fourth-order valence-electron chi connectivity index (χ4n) is 2.65. The van der Waals surface area contributed by atoms with E-state index in [1.807, 2.05) is 12.4 Å². The molecule has 1 fully saturated rings. The van der Waals surface area contributed by atoms with Gasteiger partial charge in [0.15, 0.2) is 5.82 Å². The molecule has 2 rings (SSSR count). The molecule has 0 spiro atoms. The second kappa shape index (κ2) is 6.44. The molecule has 1 N–H and O–H groups in total. The van der Waals surface area contributed by atoms with Crippen LogP contribution >= 0.6 is 0 Å². The molecule has 0 aromatic carbocycles. The van der Waals surface area contributed by atoms with Crippen LogP contribution < -0.4 is 5.32 Å². The Morgan fingerprint density at radius 2 is 1.84 bits per heavy atom. The molecule has 0 unspecified atom stereocenters. The standard InChI is InChI=1S/C15H25N3O/c1-12(2)16-9-13-10-17-14(18-11-13)15(19-3)7-5-4-6-8-15/h10-12,16H,4-9H2,1-3H3. The van der Waals surface area contributed by atoms with E-state index in [1.54, 1.807) is 7.11 Å². The first-order valence-corrected chi connectivity index (χ1v) is 7.26. The first kappa shape index (κ1) is 14.4. The van der Waals surface area contributed by atoms with Crippen molar-refractivity contribution in [3.8, 4) is 0 Å². The highest BCUT2D eigenvalue weighted by Gasteiger charge is 2.36. The van der Waals surface area contributed by atoms with Gasteiger partial charge in [-0.15, -0.1) is 0 Å². The van der Waals surface area contributed by atoms with Crippen LogP contribution in [0, 0.1) is 0 Å². The first-order chi connectivity index (χ1) is 9.16. The Kier molecular flexibility index (Phi) is 4.88. The Hall–Kier alpha value is -1.00. The van der Waals surface area contributed by atoms with Crippen LogP contribution in [0.25, 0.3) is 0 Å². The molecule has 1 saturated carbocycles. The molecular weight excluding hydrogens is 238 g/mol. The number of ether oxygens (including phenoxy) is 1. The lowest BCUT2D eigenvalue weighted by Crippen LogP contribution is -2.33. The van der Waals surface area contributed by atoms with Crippen molar-refractivity contribution < 1.29 is 4.74 Å². The second-order valence-electron chi connectivity index (χ2n) is 5.71. The van der Waals surface area contributed by atoms with Gasteiger partial charge < -0.3 is 10.1 Å². The minimum absolute atomic E-state index is 0.248. The van der Waals surface area contributed by atoms with Gasteiger partial charge in [0.2, 0.25) is 0 Å². The van der Waals surface area contributed by atoms with E-state index in [0.717, 1.165) is 30.8 Å². The van der Waals surface area contributed by atoms with Crippen molar-refractivity contribution >= 4 is 0 Å². The lowest BCUT2D eigenvalue weighted by Gasteiger charge is -2.34. The Bertz CT molecular complexity index is 383. The Morgan fingerprint density at radius 3 is 2.37 bits per heavy atom. The zero-order chi connectivity index (χ0) is 13.7. The summed E-state index contributed by atoms with van der Waals surface area (Å²) in [7, 11) is 1.78. The molecule has 0 bridgehead atoms. The van der Waals surface area contributed by atoms with Crippen molar-refractivity contribution in [3.05, 3.63) is 23.8 Å². The van der Waals surface area contributed by atoms with E-state index in [2.05, 4.69) is 29.1 Å². The lowest BCUT2D eigenvalue weighted by molar-refractivity contribution is -0.0515. The fraction of sp³-hybridized carbons (Fsp3) is 0.733. The van der Waals surface area contributed by atoms with Crippen molar-refractivity contribution in [2.24, 2.45) is 0 Å². The maximum Gasteiger partial charge on any atom is 0.160 e. The van der Waals surface area contributed by atoms with Gasteiger partial charge in [-0.05, 0) is 12.8 Å². The molecule has 1 aliphatic carbocycles. The van der Waals surface area contributed by atoms with Crippen molar-refractivity contribution in [2.75, 3.05) is 7.11 Å². The molecule has 4 heteroatoms. The molecule has 0 atom stereocenters. The van der Waals surface area contributed by atoms with Crippen LogP contribution in [0.15, 0.2) is 12.4 Å². The van der Waals surface area contributed by atoms with Crippen molar-refractivity contribution in [3.63, 3.8) is 0 Å². The normalized spacial score (nSPS) is 18.7. The molecule has 1 aliphatic rings. The summed E-state index contributed by atoms with van der Waals surface area (Å²) in [6, 6.07) is 0.475. The largest absolute Gasteiger partial charge is 0.370 e. The van der Waals surface area contributed by atoms with Crippen molar-refractivity contribution in [2.45, 2.75) is 64.1 Å². The molecule has 1 aromatic heterocycles. The van der Waals surface area contributed by atoms with E-state index in [4.69, 9.17) is 4.74 Å². The highest BCUT2D eigenvalue weighted by molar-refractivity contribution is 5.10. The van der Waals surface area contributed by atoms with Gasteiger partial charge >= 0.3 is 0 Å². The van der Waals surface area contributed by atoms with Crippen LogP contribution in [-0.4, -0.2) is 23.1 Å². The van der Waals surface area contributed by atoms with E-state index in [0.29, 0.717) is 6.04 Å². The van der Waals surface area contributed by atoms with E-state index in [1.165, 1.54) is 19.3 Å². The smallest absolute Gasteiger partial charge is 0.160 e. The summed E-state index contributed by atoms with van der Waals surface area (Å²) in [6.07, 6.45) is 9.61. The zero-order valence-corrected chi connectivity index (χ0v) is 12.3. The topological polar surface area (TPSA) is 47.0 Å². The molecule has 1 aromatic rings. The SMILES string of the molecule is COC1(c2ncc(CNC(C)C)cn2)CCCCC1. The third kappa shape index (κ3) is 3.51. The predicted molar refractivity (Wildman–Crippen MR) is 75.8 cm³/mol. The van der Waals surface area contributed by atoms with E-state index < -0.39 is 0 Å². The van der Waals surface area contributed by atoms with Crippen LogP contribution in [0.3, 0.4) is 0 Å². The van der Waals surface area contributed by atoms with Gasteiger partial charge in [0, 0.05) is 37.7 Å². The number of nitrogens with zero attached hydrogens (tertiary/aromatic N) is 2. The summed E-state index contributed by atoms with van der Waals surface area (Å²) in [5.41, 5.74) is 0.877. The van der Waals surface area contributed by atoms with Crippen LogP contribution in [0.1, 0.15) is 57.3 Å². The third-order valence-electron chi connectivity index (χ3n) is 3.88. The number of hydrogen-bond donors (Lipinski definition) is 1. The Labute approximate surface area is 116 Å². The van der Waals surface area contributed by atoms with E-state index in [9.17, 15) is 0 Å². The highest BCUT2D eigenvalue weighted by atomic mass is 16.5. The number of nitrogens with one attached hydrogen (secondary N) is 1. The Morgan fingerprint density at radius 1 is 1.21 bits per heavy atom. The first-order valence-electron chi connectivity index (χ1n) is 7.26. The maximum atomic E-state index is 5.76. The predicted octanol–water partition coefficient (Wildman–Crippen LogP) is 2.78. The molecule has 106 valence electrons. The highest BCUT2D eigenvalue weighted by Crippen LogP contribution is 2.37. The van der Waals surface area contributed by atoms with Gasteiger partial charge in [-0.3, -0.25) is 0 Å². The summed E-state index contributed by atoms with van der Waals surface area (Å²) in [5.74, 6) is 0.850. The molecule has 0 radical (unpaired) electrons. The van der Waals surface area contributed by atoms with Crippen LogP contribution in [-0.2, 0) is 16.9 Å². The van der Waals surface area contributed by atoms with Crippen LogP contribution in [0.5, 0.6) is 0 Å². The molecule has 4 nitrogen and oxygen atoms in total. The zero-order valence-electron chi connectivity index (χ0n) is 12.3. The minimum atomic E-state index is -0.248. The van der Waals surface area contributed by atoms with Crippen LogP contribution in [0.2, 0.25) is 0 Å².